The summed E-state index contributed by atoms with van der Waals surface area (Å²) >= 11 is 0. The van der Waals surface area contributed by atoms with Gasteiger partial charge in [0.05, 0.1) is 12.3 Å². The standard InChI is InChI=1S/C17H23N3O/c1-5-8-18-16-10-14(11-21-4)19-17(20-16)15-7-6-12(2)9-13(15)3/h6-7,9-10H,5,8,11H2,1-4H3,(H,18,19,20). The molecule has 1 aromatic carbocycles. The molecule has 0 atom stereocenters. The van der Waals surface area contributed by atoms with Gasteiger partial charge in [-0.15, -0.1) is 0 Å². The molecule has 0 aliphatic carbocycles. The molecule has 112 valence electrons. The van der Waals surface area contributed by atoms with E-state index in [4.69, 9.17) is 4.74 Å². The van der Waals surface area contributed by atoms with Crippen LogP contribution >= 0.6 is 0 Å². The first kappa shape index (κ1) is 15.4. The van der Waals surface area contributed by atoms with Crippen LogP contribution in [0, 0.1) is 13.8 Å². The van der Waals surface area contributed by atoms with E-state index < -0.39 is 0 Å². The fourth-order valence-corrected chi connectivity index (χ4v) is 2.25. The zero-order valence-corrected chi connectivity index (χ0v) is 13.2. The lowest BCUT2D eigenvalue weighted by atomic mass is 10.1. The van der Waals surface area contributed by atoms with Gasteiger partial charge in [-0.3, -0.25) is 0 Å². The highest BCUT2D eigenvalue weighted by atomic mass is 16.5. The van der Waals surface area contributed by atoms with Crippen LogP contribution in [0.25, 0.3) is 11.4 Å². The van der Waals surface area contributed by atoms with Gasteiger partial charge in [0.2, 0.25) is 0 Å². The Labute approximate surface area is 126 Å². The maximum absolute atomic E-state index is 5.21. The van der Waals surface area contributed by atoms with Gasteiger partial charge in [0.15, 0.2) is 5.82 Å². The number of nitrogens with zero attached hydrogens (tertiary/aromatic N) is 2. The number of rotatable bonds is 6. The molecule has 4 heteroatoms. The molecule has 2 rings (SSSR count). The third kappa shape index (κ3) is 4.02. The van der Waals surface area contributed by atoms with Crippen LogP contribution < -0.4 is 5.32 Å². The quantitative estimate of drug-likeness (QED) is 0.878. The first-order valence-corrected chi connectivity index (χ1v) is 7.32. The third-order valence-corrected chi connectivity index (χ3v) is 3.25. The molecule has 0 saturated heterocycles. The fourth-order valence-electron chi connectivity index (χ4n) is 2.25. The molecule has 0 spiro atoms. The Morgan fingerprint density at radius 2 is 1.95 bits per heavy atom. The summed E-state index contributed by atoms with van der Waals surface area (Å²) in [6.45, 7) is 7.70. The zero-order chi connectivity index (χ0) is 15.2. The van der Waals surface area contributed by atoms with Crippen LogP contribution in [0.1, 0.15) is 30.2 Å². The number of ether oxygens (including phenoxy) is 1. The van der Waals surface area contributed by atoms with Crippen molar-refractivity contribution in [2.45, 2.75) is 33.8 Å². The second kappa shape index (κ2) is 7.18. The van der Waals surface area contributed by atoms with Crippen molar-refractivity contribution in [3.8, 4) is 11.4 Å². The Morgan fingerprint density at radius 3 is 2.62 bits per heavy atom. The van der Waals surface area contributed by atoms with Crippen molar-refractivity contribution in [3.63, 3.8) is 0 Å². The van der Waals surface area contributed by atoms with Crippen molar-refractivity contribution in [2.75, 3.05) is 19.0 Å². The molecule has 0 aliphatic heterocycles. The van der Waals surface area contributed by atoms with Crippen molar-refractivity contribution >= 4 is 5.82 Å². The second-order valence-electron chi connectivity index (χ2n) is 5.25. The number of aromatic nitrogens is 2. The Hall–Kier alpha value is -1.94. The van der Waals surface area contributed by atoms with Gasteiger partial charge in [0.25, 0.3) is 0 Å². The highest BCUT2D eigenvalue weighted by Gasteiger charge is 2.09. The van der Waals surface area contributed by atoms with Crippen molar-refractivity contribution in [2.24, 2.45) is 0 Å². The summed E-state index contributed by atoms with van der Waals surface area (Å²) < 4.78 is 5.21. The number of hydrogen-bond donors (Lipinski definition) is 1. The van der Waals surface area contributed by atoms with E-state index in [9.17, 15) is 0 Å². The number of benzene rings is 1. The largest absolute Gasteiger partial charge is 0.378 e. The average molecular weight is 285 g/mol. The van der Waals surface area contributed by atoms with Crippen LogP contribution in [-0.4, -0.2) is 23.6 Å². The van der Waals surface area contributed by atoms with Crippen LogP contribution in [0.3, 0.4) is 0 Å². The van der Waals surface area contributed by atoms with E-state index in [0.29, 0.717) is 6.61 Å². The first-order valence-electron chi connectivity index (χ1n) is 7.32. The van der Waals surface area contributed by atoms with E-state index >= 15 is 0 Å². The van der Waals surface area contributed by atoms with Gasteiger partial charge in [0, 0.05) is 25.3 Å². The van der Waals surface area contributed by atoms with Crippen LogP contribution in [-0.2, 0) is 11.3 Å². The molecular formula is C17H23N3O. The molecule has 21 heavy (non-hydrogen) atoms. The minimum atomic E-state index is 0.487. The van der Waals surface area contributed by atoms with Gasteiger partial charge in [-0.1, -0.05) is 30.7 Å². The molecule has 1 aromatic heterocycles. The second-order valence-corrected chi connectivity index (χ2v) is 5.25. The molecule has 0 fully saturated rings. The summed E-state index contributed by atoms with van der Waals surface area (Å²) in [5, 5.41) is 3.33. The van der Waals surface area contributed by atoms with Crippen molar-refractivity contribution in [1.29, 1.82) is 0 Å². The van der Waals surface area contributed by atoms with Gasteiger partial charge in [0.1, 0.15) is 5.82 Å². The topological polar surface area (TPSA) is 47.0 Å². The van der Waals surface area contributed by atoms with Crippen LogP contribution in [0.4, 0.5) is 5.82 Å². The molecular weight excluding hydrogens is 262 g/mol. The normalized spacial score (nSPS) is 10.7. The molecule has 0 amide bonds. The molecule has 0 saturated carbocycles. The van der Waals surface area contributed by atoms with Crippen molar-refractivity contribution < 1.29 is 4.74 Å². The Kier molecular flexibility index (Phi) is 5.28. The maximum atomic E-state index is 5.21. The smallest absolute Gasteiger partial charge is 0.162 e. The lowest BCUT2D eigenvalue weighted by Gasteiger charge is -2.11. The predicted molar refractivity (Wildman–Crippen MR) is 86.4 cm³/mol. The molecule has 1 heterocycles. The van der Waals surface area contributed by atoms with E-state index in [1.54, 1.807) is 7.11 Å². The zero-order valence-electron chi connectivity index (χ0n) is 13.2. The maximum Gasteiger partial charge on any atom is 0.162 e. The molecule has 0 unspecified atom stereocenters. The summed E-state index contributed by atoms with van der Waals surface area (Å²) in [6, 6.07) is 8.28. The molecule has 4 nitrogen and oxygen atoms in total. The summed E-state index contributed by atoms with van der Waals surface area (Å²) in [7, 11) is 1.68. The number of methoxy groups -OCH3 is 1. The summed E-state index contributed by atoms with van der Waals surface area (Å²) in [4.78, 5) is 9.25. The molecule has 0 radical (unpaired) electrons. The first-order chi connectivity index (χ1) is 10.1. The van der Waals surface area contributed by atoms with E-state index in [1.807, 2.05) is 6.07 Å². The third-order valence-electron chi connectivity index (χ3n) is 3.25. The van der Waals surface area contributed by atoms with Gasteiger partial charge in [-0.05, 0) is 25.8 Å². The van der Waals surface area contributed by atoms with E-state index in [-0.39, 0.29) is 0 Å². The SMILES string of the molecule is CCCNc1cc(COC)nc(-c2ccc(C)cc2C)n1. The Morgan fingerprint density at radius 1 is 1.14 bits per heavy atom. The number of aryl methyl sites for hydroxylation is 2. The summed E-state index contributed by atoms with van der Waals surface area (Å²) in [5.41, 5.74) is 4.39. The lowest BCUT2D eigenvalue weighted by Crippen LogP contribution is -2.06. The fraction of sp³-hybridized carbons (Fsp3) is 0.412. The summed E-state index contributed by atoms with van der Waals surface area (Å²) in [6.07, 6.45) is 1.06. The van der Waals surface area contributed by atoms with Crippen LogP contribution in [0.15, 0.2) is 24.3 Å². The van der Waals surface area contributed by atoms with Crippen LogP contribution in [0.5, 0.6) is 0 Å². The minimum Gasteiger partial charge on any atom is -0.378 e. The summed E-state index contributed by atoms with van der Waals surface area (Å²) in [5.74, 6) is 1.61. The molecule has 1 N–H and O–H groups in total. The number of hydrogen-bond acceptors (Lipinski definition) is 4. The predicted octanol–water partition coefficient (Wildman–Crippen LogP) is 3.73. The number of nitrogens with one attached hydrogen (secondary N) is 1. The molecule has 0 bridgehead atoms. The highest BCUT2D eigenvalue weighted by Crippen LogP contribution is 2.23. The van der Waals surface area contributed by atoms with Gasteiger partial charge in [-0.2, -0.15) is 0 Å². The van der Waals surface area contributed by atoms with E-state index in [1.165, 1.54) is 11.1 Å². The molecule has 2 aromatic rings. The van der Waals surface area contributed by atoms with E-state index in [0.717, 1.165) is 35.9 Å². The minimum absolute atomic E-state index is 0.487. The molecule has 0 aliphatic rings. The Balaban J connectivity index is 2.43. The van der Waals surface area contributed by atoms with Gasteiger partial charge >= 0.3 is 0 Å². The lowest BCUT2D eigenvalue weighted by molar-refractivity contribution is 0.181. The number of anilines is 1. The Bertz CT molecular complexity index is 611. The van der Waals surface area contributed by atoms with Crippen molar-refractivity contribution in [3.05, 3.63) is 41.1 Å². The van der Waals surface area contributed by atoms with Crippen LogP contribution in [0.2, 0.25) is 0 Å². The van der Waals surface area contributed by atoms with Gasteiger partial charge < -0.3 is 10.1 Å². The highest BCUT2D eigenvalue weighted by molar-refractivity contribution is 5.62. The van der Waals surface area contributed by atoms with E-state index in [2.05, 4.69) is 54.3 Å². The van der Waals surface area contributed by atoms with Crippen molar-refractivity contribution in [1.82, 2.24) is 9.97 Å². The monoisotopic (exact) mass is 285 g/mol. The average Bonchev–Trinajstić information content (AvgIpc) is 2.45. The van der Waals surface area contributed by atoms with Gasteiger partial charge in [-0.25, -0.2) is 9.97 Å².